The van der Waals surface area contributed by atoms with Crippen LogP contribution in [0.15, 0.2) is 42.7 Å². The number of anilines is 1. The van der Waals surface area contributed by atoms with Crippen LogP contribution in [0.4, 0.5) is 5.69 Å². The summed E-state index contributed by atoms with van der Waals surface area (Å²) < 4.78 is 0. The quantitative estimate of drug-likeness (QED) is 0.863. The van der Waals surface area contributed by atoms with Gasteiger partial charge in [0.25, 0.3) is 0 Å². The van der Waals surface area contributed by atoms with Crippen molar-refractivity contribution in [3.05, 3.63) is 59.4 Å². The molecule has 0 bridgehead atoms. The largest absolute Gasteiger partial charge is 0.369 e. The molecule has 0 spiro atoms. The second kappa shape index (κ2) is 6.49. The van der Waals surface area contributed by atoms with Gasteiger partial charge < -0.3 is 4.90 Å². The Bertz CT molecular complexity index is 596. The molecule has 0 amide bonds. The van der Waals surface area contributed by atoms with Gasteiger partial charge in [-0.15, -0.1) is 0 Å². The van der Waals surface area contributed by atoms with Crippen molar-refractivity contribution < 1.29 is 0 Å². The van der Waals surface area contributed by atoms with Crippen molar-refractivity contribution in [2.24, 2.45) is 0 Å². The van der Waals surface area contributed by atoms with E-state index in [2.05, 4.69) is 59.8 Å². The van der Waals surface area contributed by atoms with Crippen LogP contribution in [0.3, 0.4) is 0 Å². The molecule has 0 saturated carbocycles. The fourth-order valence-electron chi connectivity index (χ4n) is 3.47. The van der Waals surface area contributed by atoms with Crippen molar-refractivity contribution >= 4 is 5.69 Å². The van der Waals surface area contributed by atoms with Crippen LogP contribution in [0.25, 0.3) is 0 Å². The molecule has 1 aliphatic heterocycles. The van der Waals surface area contributed by atoms with E-state index in [-0.39, 0.29) is 0 Å². The van der Waals surface area contributed by atoms with Crippen molar-refractivity contribution in [1.82, 2.24) is 9.88 Å². The second-order valence-corrected chi connectivity index (χ2v) is 6.23. The lowest BCUT2D eigenvalue weighted by Gasteiger charge is -2.40. The molecule has 1 atom stereocenters. The van der Waals surface area contributed by atoms with Crippen LogP contribution < -0.4 is 4.90 Å². The van der Waals surface area contributed by atoms with Gasteiger partial charge in [-0.05, 0) is 43.5 Å². The molecule has 0 aliphatic carbocycles. The Labute approximate surface area is 133 Å². The van der Waals surface area contributed by atoms with Gasteiger partial charge in [-0.2, -0.15) is 0 Å². The zero-order valence-electron chi connectivity index (χ0n) is 13.8. The summed E-state index contributed by atoms with van der Waals surface area (Å²) in [5, 5.41) is 0. The topological polar surface area (TPSA) is 19.4 Å². The highest BCUT2D eigenvalue weighted by molar-refractivity contribution is 5.59. The summed E-state index contributed by atoms with van der Waals surface area (Å²) in [4.78, 5) is 9.34. The first-order valence-corrected chi connectivity index (χ1v) is 8.12. The Kier molecular flexibility index (Phi) is 4.44. The number of aromatic nitrogens is 1. The molecule has 3 rings (SSSR count). The molecule has 1 fully saturated rings. The fourth-order valence-corrected chi connectivity index (χ4v) is 3.47. The maximum Gasteiger partial charge on any atom is 0.0426 e. The Morgan fingerprint density at radius 3 is 2.23 bits per heavy atom. The van der Waals surface area contributed by atoms with Gasteiger partial charge in [0.2, 0.25) is 0 Å². The Morgan fingerprint density at radius 1 is 0.955 bits per heavy atom. The van der Waals surface area contributed by atoms with Crippen LogP contribution in [0.2, 0.25) is 0 Å². The van der Waals surface area contributed by atoms with Crippen molar-refractivity contribution in [2.45, 2.75) is 26.8 Å². The van der Waals surface area contributed by atoms with Crippen LogP contribution in [0.5, 0.6) is 0 Å². The number of pyridine rings is 1. The van der Waals surface area contributed by atoms with Gasteiger partial charge in [0.05, 0.1) is 0 Å². The predicted octanol–water partition coefficient (Wildman–Crippen LogP) is 3.58. The summed E-state index contributed by atoms with van der Waals surface area (Å²) in [5.74, 6) is 0. The van der Waals surface area contributed by atoms with Crippen molar-refractivity contribution in [2.75, 3.05) is 31.1 Å². The summed E-state index contributed by atoms with van der Waals surface area (Å²) in [7, 11) is 0. The van der Waals surface area contributed by atoms with E-state index in [0.717, 1.165) is 26.2 Å². The molecular weight excluding hydrogens is 270 g/mol. The number of hydrogen-bond donors (Lipinski definition) is 0. The van der Waals surface area contributed by atoms with E-state index in [1.165, 1.54) is 22.4 Å². The van der Waals surface area contributed by atoms with Crippen molar-refractivity contribution in [3.63, 3.8) is 0 Å². The van der Waals surface area contributed by atoms with E-state index in [9.17, 15) is 0 Å². The van der Waals surface area contributed by atoms with Gasteiger partial charge in [-0.1, -0.05) is 24.3 Å². The van der Waals surface area contributed by atoms with Crippen LogP contribution in [0.1, 0.15) is 29.7 Å². The third kappa shape index (κ3) is 3.00. The third-order valence-electron chi connectivity index (χ3n) is 4.78. The molecule has 1 aliphatic rings. The molecule has 22 heavy (non-hydrogen) atoms. The summed E-state index contributed by atoms with van der Waals surface area (Å²) in [6.45, 7) is 11.1. The lowest BCUT2D eigenvalue weighted by molar-refractivity contribution is 0.198. The van der Waals surface area contributed by atoms with E-state index >= 15 is 0 Å². The third-order valence-corrected chi connectivity index (χ3v) is 4.78. The van der Waals surface area contributed by atoms with Crippen molar-refractivity contribution in [1.29, 1.82) is 0 Å². The number of para-hydroxylation sites is 1. The van der Waals surface area contributed by atoms with Gasteiger partial charge in [0.1, 0.15) is 0 Å². The fraction of sp³-hybridized carbons (Fsp3) is 0.421. The normalized spacial score (nSPS) is 17.5. The van der Waals surface area contributed by atoms with Gasteiger partial charge in [0, 0.05) is 50.3 Å². The molecule has 1 aromatic carbocycles. The molecular formula is C19H25N3. The Balaban J connectivity index is 1.68. The van der Waals surface area contributed by atoms with Crippen molar-refractivity contribution in [3.8, 4) is 0 Å². The average Bonchev–Trinajstić information content (AvgIpc) is 2.55. The predicted molar refractivity (Wildman–Crippen MR) is 92.4 cm³/mol. The Hall–Kier alpha value is -1.87. The van der Waals surface area contributed by atoms with E-state index < -0.39 is 0 Å². The molecule has 1 saturated heterocycles. The monoisotopic (exact) mass is 295 g/mol. The van der Waals surface area contributed by atoms with Gasteiger partial charge in [0.15, 0.2) is 0 Å². The van der Waals surface area contributed by atoms with Gasteiger partial charge >= 0.3 is 0 Å². The number of nitrogens with zero attached hydrogens (tertiary/aromatic N) is 3. The van der Waals surface area contributed by atoms with E-state index in [1.807, 2.05) is 18.5 Å². The van der Waals surface area contributed by atoms with Gasteiger partial charge in [-0.3, -0.25) is 9.88 Å². The smallest absolute Gasteiger partial charge is 0.0426 e. The molecule has 1 unspecified atom stereocenters. The second-order valence-electron chi connectivity index (χ2n) is 6.23. The highest BCUT2D eigenvalue weighted by Gasteiger charge is 2.23. The minimum absolute atomic E-state index is 0.439. The first-order valence-electron chi connectivity index (χ1n) is 8.12. The number of hydrogen-bond acceptors (Lipinski definition) is 3. The molecule has 1 aromatic heterocycles. The highest BCUT2D eigenvalue weighted by atomic mass is 15.3. The minimum Gasteiger partial charge on any atom is -0.369 e. The van der Waals surface area contributed by atoms with E-state index in [0.29, 0.717) is 6.04 Å². The molecule has 2 aromatic rings. The minimum atomic E-state index is 0.439. The highest BCUT2D eigenvalue weighted by Crippen LogP contribution is 2.27. The molecule has 0 N–H and O–H groups in total. The zero-order valence-corrected chi connectivity index (χ0v) is 13.8. The van der Waals surface area contributed by atoms with E-state index in [4.69, 9.17) is 0 Å². The first kappa shape index (κ1) is 15.0. The average molecular weight is 295 g/mol. The maximum absolute atomic E-state index is 4.25. The summed E-state index contributed by atoms with van der Waals surface area (Å²) in [6, 6.07) is 11.2. The van der Waals surface area contributed by atoms with E-state index in [1.54, 1.807) is 0 Å². The van der Waals surface area contributed by atoms with Crippen LogP contribution in [0, 0.1) is 13.8 Å². The van der Waals surface area contributed by atoms with Gasteiger partial charge in [-0.25, -0.2) is 0 Å². The first-order chi connectivity index (χ1) is 10.7. The number of piperazine rings is 1. The summed E-state index contributed by atoms with van der Waals surface area (Å²) >= 11 is 0. The lowest BCUT2D eigenvalue weighted by Crippen LogP contribution is -2.47. The molecule has 3 heteroatoms. The SMILES string of the molecule is Cc1cccc(C)c1N1CCN(C(C)c2cccnc2)CC1. The lowest BCUT2D eigenvalue weighted by atomic mass is 10.1. The molecule has 3 nitrogen and oxygen atoms in total. The molecule has 116 valence electrons. The van der Waals surface area contributed by atoms with Crippen LogP contribution in [-0.4, -0.2) is 36.1 Å². The number of aryl methyl sites for hydroxylation is 2. The molecule has 2 heterocycles. The maximum atomic E-state index is 4.25. The molecule has 0 radical (unpaired) electrons. The summed E-state index contributed by atoms with van der Waals surface area (Å²) in [6.07, 6.45) is 3.83. The van der Waals surface area contributed by atoms with Crippen LogP contribution >= 0.6 is 0 Å². The number of benzene rings is 1. The standard InChI is InChI=1S/C19H25N3/c1-15-6-4-7-16(2)19(15)22-12-10-21(11-13-22)17(3)18-8-5-9-20-14-18/h4-9,14,17H,10-13H2,1-3H3. The number of rotatable bonds is 3. The zero-order chi connectivity index (χ0) is 15.5. The summed E-state index contributed by atoms with van der Waals surface area (Å²) in [5.41, 5.74) is 5.50. The Morgan fingerprint density at radius 2 is 1.64 bits per heavy atom. The van der Waals surface area contributed by atoms with Crippen LogP contribution in [-0.2, 0) is 0 Å².